The van der Waals surface area contributed by atoms with Crippen molar-refractivity contribution in [2.24, 2.45) is 0 Å². The van der Waals surface area contributed by atoms with E-state index in [0.717, 1.165) is 37.6 Å². The Labute approximate surface area is 129 Å². The van der Waals surface area contributed by atoms with Crippen molar-refractivity contribution in [3.63, 3.8) is 0 Å². The van der Waals surface area contributed by atoms with E-state index < -0.39 is 0 Å². The van der Waals surface area contributed by atoms with Gasteiger partial charge in [0.1, 0.15) is 11.9 Å². The predicted molar refractivity (Wildman–Crippen MR) is 81.5 cm³/mol. The van der Waals surface area contributed by atoms with Crippen LogP contribution in [-0.4, -0.2) is 28.2 Å². The molecule has 0 aliphatic carbocycles. The van der Waals surface area contributed by atoms with Gasteiger partial charge in [0, 0.05) is 31.1 Å². The van der Waals surface area contributed by atoms with E-state index in [4.69, 9.17) is 4.52 Å². The van der Waals surface area contributed by atoms with E-state index in [1.807, 2.05) is 13.8 Å². The molecular formula is C16H19N5O. The van der Waals surface area contributed by atoms with Crippen LogP contribution in [0, 0.1) is 11.3 Å². The molecule has 1 atom stereocenters. The zero-order valence-corrected chi connectivity index (χ0v) is 12.9. The van der Waals surface area contributed by atoms with Crippen LogP contribution in [0.5, 0.6) is 0 Å². The number of aromatic nitrogens is 3. The average molecular weight is 297 g/mol. The lowest BCUT2D eigenvalue weighted by atomic mass is 9.97. The summed E-state index contributed by atoms with van der Waals surface area (Å²) in [6.45, 7) is 5.74. The SMILES string of the molecule is CC(C)c1nc(C2CCCN(c3ncccc3C#N)C2)no1. The molecule has 0 amide bonds. The summed E-state index contributed by atoms with van der Waals surface area (Å²) in [5.41, 5.74) is 0.610. The van der Waals surface area contributed by atoms with Gasteiger partial charge in [0.2, 0.25) is 5.89 Å². The summed E-state index contributed by atoms with van der Waals surface area (Å²) in [7, 11) is 0. The number of hydrogen-bond acceptors (Lipinski definition) is 6. The van der Waals surface area contributed by atoms with Crippen molar-refractivity contribution in [3.05, 3.63) is 35.6 Å². The number of nitriles is 1. The second-order valence-electron chi connectivity index (χ2n) is 5.92. The van der Waals surface area contributed by atoms with Crippen LogP contribution in [0.2, 0.25) is 0 Å². The van der Waals surface area contributed by atoms with Gasteiger partial charge in [-0.2, -0.15) is 10.2 Å². The molecule has 0 N–H and O–H groups in total. The fourth-order valence-corrected chi connectivity index (χ4v) is 2.76. The lowest BCUT2D eigenvalue weighted by molar-refractivity contribution is 0.354. The number of hydrogen-bond donors (Lipinski definition) is 0. The van der Waals surface area contributed by atoms with E-state index in [1.165, 1.54) is 0 Å². The van der Waals surface area contributed by atoms with Gasteiger partial charge in [-0.25, -0.2) is 4.98 Å². The van der Waals surface area contributed by atoms with Crippen LogP contribution in [0.1, 0.15) is 55.8 Å². The molecule has 2 aromatic rings. The molecule has 22 heavy (non-hydrogen) atoms. The Morgan fingerprint density at radius 3 is 3.05 bits per heavy atom. The van der Waals surface area contributed by atoms with Gasteiger partial charge in [0.05, 0.1) is 5.56 Å². The van der Waals surface area contributed by atoms with Crippen molar-refractivity contribution in [3.8, 4) is 6.07 Å². The molecule has 6 heteroatoms. The third-order valence-electron chi connectivity index (χ3n) is 3.94. The lowest BCUT2D eigenvalue weighted by Crippen LogP contribution is -2.35. The minimum atomic E-state index is 0.221. The molecule has 1 saturated heterocycles. The number of nitrogens with zero attached hydrogens (tertiary/aromatic N) is 5. The van der Waals surface area contributed by atoms with Crippen molar-refractivity contribution < 1.29 is 4.52 Å². The van der Waals surface area contributed by atoms with Crippen LogP contribution in [0.4, 0.5) is 5.82 Å². The number of anilines is 1. The van der Waals surface area contributed by atoms with Gasteiger partial charge in [0.25, 0.3) is 0 Å². The Bertz CT molecular complexity index is 688. The van der Waals surface area contributed by atoms with Crippen LogP contribution >= 0.6 is 0 Å². The Hall–Kier alpha value is -2.42. The zero-order chi connectivity index (χ0) is 15.5. The van der Waals surface area contributed by atoms with E-state index in [-0.39, 0.29) is 11.8 Å². The Morgan fingerprint density at radius 2 is 2.32 bits per heavy atom. The molecule has 3 rings (SSSR count). The van der Waals surface area contributed by atoms with Gasteiger partial charge < -0.3 is 9.42 Å². The van der Waals surface area contributed by atoms with Gasteiger partial charge >= 0.3 is 0 Å². The summed E-state index contributed by atoms with van der Waals surface area (Å²) >= 11 is 0. The van der Waals surface area contributed by atoms with Crippen molar-refractivity contribution in [2.45, 2.75) is 38.5 Å². The van der Waals surface area contributed by atoms with Gasteiger partial charge in [-0.1, -0.05) is 19.0 Å². The van der Waals surface area contributed by atoms with E-state index >= 15 is 0 Å². The molecule has 0 radical (unpaired) electrons. The average Bonchev–Trinajstić information content (AvgIpc) is 3.05. The van der Waals surface area contributed by atoms with Crippen molar-refractivity contribution in [2.75, 3.05) is 18.0 Å². The summed E-state index contributed by atoms with van der Waals surface area (Å²) in [5.74, 6) is 2.66. The van der Waals surface area contributed by atoms with Crippen molar-refractivity contribution in [1.29, 1.82) is 5.26 Å². The number of piperidine rings is 1. The first-order chi connectivity index (χ1) is 10.7. The summed E-state index contributed by atoms with van der Waals surface area (Å²) in [6.07, 6.45) is 3.78. The molecule has 0 spiro atoms. The molecule has 1 aliphatic heterocycles. The lowest BCUT2D eigenvalue weighted by Gasteiger charge is -2.32. The van der Waals surface area contributed by atoms with E-state index in [1.54, 1.807) is 18.3 Å². The monoisotopic (exact) mass is 297 g/mol. The highest BCUT2D eigenvalue weighted by Crippen LogP contribution is 2.29. The minimum absolute atomic E-state index is 0.221. The normalized spacial score (nSPS) is 18.5. The van der Waals surface area contributed by atoms with Gasteiger partial charge in [0.15, 0.2) is 5.82 Å². The molecular weight excluding hydrogens is 278 g/mol. The zero-order valence-electron chi connectivity index (χ0n) is 12.9. The molecule has 6 nitrogen and oxygen atoms in total. The fraction of sp³-hybridized carbons (Fsp3) is 0.500. The molecule has 0 saturated carbocycles. The molecule has 114 valence electrons. The molecule has 1 unspecified atom stereocenters. The van der Waals surface area contributed by atoms with Crippen LogP contribution in [0.3, 0.4) is 0 Å². The quantitative estimate of drug-likeness (QED) is 0.866. The maximum Gasteiger partial charge on any atom is 0.229 e. The molecule has 2 aromatic heterocycles. The maximum atomic E-state index is 9.24. The first-order valence-corrected chi connectivity index (χ1v) is 7.62. The highest BCUT2D eigenvalue weighted by molar-refractivity contribution is 5.53. The highest BCUT2D eigenvalue weighted by Gasteiger charge is 2.27. The van der Waals surface area contributed by atoms with Gasteiger partial charge in [-0.05, 0) is 25.0 Å². The molecule has 0 bridgehead atoms. The topological polar surface area (TPSA) is 78.8 Å². The standard InChI is InChI=1S/C16H19N5O/c1-11(2)16-19-14(20-22-16)13-6-4-8-21(10-13)15-12(9-17)5-3-7-18-15/h3,5,7,11,13H,4,6,8,10H2,1-2H3. The number of rotatable bonds is 3. The Morgan fingerprint density at radius 1 is 1.45 bits per heavy atom. The summed E-state index contributed by atoms with van der Waals surface area (Å²) in [5, 5.41) is 13.4. The number of pyridine rings is 1. The molecule has 0 aromatic carbocycles. The summed E-state index contributed by atoms with van der Waals surface area (Å²) in [6, 6.07) is 5.80. The Balaban J connectivity index is 1.80. The maximum absolute atomic E-state index is 9.24. The second-order valence-corrected chi connectivity index (χ2v) is 5.92. The fourth-order valence-electron chi connectivity index (χ4n) is 2.76. The first kappa shape index (κ1) is 14.5. The largest absolute Gasteiger partial charge is 0.355 e. The van der Waals surface area contributed by atoms with Crippen molar-refractivity contribution in [1.82, 2.24) is 15.1 Å². The van der Waals surface area contributed by atoms with Crippen molar-refractivity contribution >= 4 is 5.82 Å². The van der Waals surface area contributed by atoms with Gasteiger partial charge in [-0.3, -0.25) is 0 Å². The van der Waals surface area contributed by atoms with Crippen LogP contribution in [-0.2, 0) is 0 Å². The third kappa shape index (κ3) is 2.80. The molecule has 1 aliphatic rings. The first-order valence-electron chi connectivity index (χ1n) is 7.62. The summed E-state index contributed by atoms with van der Waals surface area (Å²) < 4.78 is 5.32. The van der Waals surface area contributed by atoms with Crippen LogP contribution < -0.4 is 4.90 Å². The Kier molecular flexibility index (Phi) is 4.05. The van der Waals surface area contributed by atoms with E-state index in [0.29, 0.717) is 11.5 Å². The molecule has 1 fully saturated rings. The molecule has 3 heterocycles. The van der Waals surface area contributed by atoms with E-state index in [9.17, 15) is 5.26 Å². The second kappa shape index (κ2) is 6.14. The highest BCUT2D eigenvalue weighted by atomic mass is 16.5. The minimum Gasteiger partial charge on any atom is -0.355 e. The van der Waals surface area contributed by atoms with Crippen LogP contribution in [0.25, 0.3) is 0 Å². The predicted octanol–water partition coefficient (Wildman–Crippen LogP) is 2.84. The third-order valence-corrected chi connectivity index (χ3v) is 3.94. The van der Waals surface area contributed by atoms with Gasteiger partial charge in [-0.15, -0.1) is 0 Å². The van der Waals surface area contributed by atoms with E-state index in [2.05, 4.69) is 26.1 Å². The van der Waals surface area contributed by atoms with Crippen LogP contribution in [0.15, 0.2) is 22.9 Å². The summed E-state index contributed by atoms with van der Waals surface area (Å²) in [4.78, 5) is 11.0. The smallest absolute Gasteiger partial charge is 0.229 e.